The molecule has 124 valence electrons. The lowest BCUT2D eigenvalue weighted by Crippen LogP contribution is -2.12. The van der Waals surface area contributed by atoms with Crippen LogP contribution in [0.1, 0.15) is 56.9 Å². The molecule has 0 bridgehead atoms. The molecule has 0 saturated heterocycles. The molecule has 0 heterocycles. The van der Waals surface area contributed by atoms with Gasteiger partial charge in [0, 0.05) is 0 Å². The van der Waals surface area contributed by atoms with E-state index in [9.17, 15) is 0 Å². The molecule has 1 saturated carbocycles. The van der Waals surface area contributed by atoms with E-state index in [2.05, 4.69) is 77.1 Å². The van der Waals surface area contributed by atoms with Crippen LogP contribution >= 0.6 is 45.9 Å². The maximum atomic E-state index is 5.84. The van der Waals surface area contributed by atoms with Gasteiger partial charge in [0.05, 0.1) is 6.61 Å². The highest BCUT2D eigenvalue weighted by Crippen LogP contribution is 2.37. The number of benzene rings is 1. The van der Waals surface area contributed by atoms with Crippen molar-refractivity contribution in [1.82, 2.24) is 0 Å². The third kappa shape index (κ3) is 6.66. The predicted molar refractivity (Wildman–Crippen MR) is 109 cm³/mol. The second-order valence-corrected chi connectivity index (χ2v) is 29.8. The van der Waals surface area contributed by atoms with Crippen molar-refractivity contribution in [3.8, 4) is 5.75 Å². The van der Waals surface area contributed by atoms with Gasteiger partial charge < -0.3 is 4.74 Å². The van der Waals surface area contributed by atoms with E-state index in [0.29, 0.717) is 0 Å². The molecule has 5 heteroatoms. The van der Waals surface area contributed by atoms with Crippen LogP contribution < -0.4 is 4.74 Å². The number of hydrogen-bond donors (Lipinski definition) is 0. The van der Waals surface area contributed by atoms with Gasteiger partial charge >= 0.3 is 0 Å². The minimum absolute atomic E-state index is 0.763. The largest absolute Gasteiger partial charge is 0.494 e. The van der Waals surface area contributed by atoms with E-state index in [1.165, 1.54) is 37.7 Å². The Hall–Kier alpha value is 0.677. The molecule has 0 spiro atoms. The summed E-state index contributed by atoms with van der Waals surface area (Å²) in [6.45, 7) is 3.10. The highest BCUT2D eigenvalue weighted by molar-refractivity contribution is 9.72. The quantitative estimate of drug-likeness (QED) is 0.212. The van der Waals surface area contributed by atoms with Gasteiger partial charge in [-0.2, -0.15) is 0 Å². The second kappa shape index (κ2) is 9.24. The van der Waals surface area contributed by atoms with Crippen molar-refractivity contribution in [3.63, 3.8) is 0 Å². The fraction of sp³-hybridized carbons (Fsp3) is 0.647. The van der Waals surface area contributed by atoms with Gasteiger partial charge in [-0.25, -0.2) is 0 Å². The molecule has 1 aromatic carbocycles. The van der Waals surface area contributed by atoms with Crippen LogP contribution in [0.15, 0.2) is 24.3 Å². The first-order valence-corrected chi connectivity index (χ1v) is 17.2. The molecule has 0 aromatic heterocycles. The SMILES string of the molecule is CCC1CCC(c2ccc(OCCC[Si](Br)(Br)Br)cc2)CC1. The smallest absolute Gasteiger partial charge is 0.267 e. The molecule has 0 unspecified atom stereocenters. The Kier molecular flexibility index (Phi) is 7.98. The molecule has 22 heavy (non-hydrogen) atoms. The van der Waals surface area contributed by atoms with Gasteiger partial charge in [0.15, 0.2) is 0 Å². The van der Waals surface area contributed by atoms with E-state index in [1.54, 1.807) is 0 Å². The first-order chi connectivity index (χ1) is 10.5. The maximum Gasteiger partial charge on any atom is 0.267 e. The summed E-state index contributed by atoms with van der Waals surface area (Å²) in [5, 5.41) is 0. The van der Waals surface area contributed by atoms with Crippen LogP contribution in [0.3, 0.4) is 0 Å². The zero-order valence-electron chi connectivity index (χ0n) is 13.2. The van der Waals surface area contributed by atoms with Crippen molar-refractivity contribution >= 4 is 49.8 Å². The Labute approximate surface area is 159 Å². The minimum Gasteiger partial charge on any atom is -0.494 e. The molecule has 0 N–H and O–H groups in total. The molecule has 1 aromatic rings. The summed E-state index contributed by atoms with van der Waals surface area (Å²) in [7, 11) is 0. The van der Waals surface area contributed by atoms with Crippen LogP contribution in [0.2, 0.25) is 6.04 Å². The molecule has 0 radical (unpaired) electrons. The molecular weight excluding hydrogens is 488 g/mol. The van der Waals surface area contributed by atoms with E-state index in [1.807, 2.05) is 0 Å². The number of ether oxygens (including phenoxy) is 1. The number of hydrogen-bond acceptors (Lipinski definition) is 1. The summed E-state index contributed by atoms with van der Waals surface area (Å²) >= 11 is 10.9. The second-order valence-electron chi connectivity index (χ2n) is 6.26. The molecule has 1 fully saturated rings. The molecular formula is C17H25Br3OSi. The molecule has 2 rings (SSSR count). The van der Waals surface area contributed by atoms with Crippen LogP contribution in [0.25, 0.3) is 0 Å². The van der Waals surface area contributed by atoms with Gasteiger partial charge in [0.2, 0.25) is 0 Å². The first kappa shape index (κ1) is 19.0. The molecule has 1 aliphatic carbocycles. The third-order valence-electron chi connectivity index (χ3n) is 4.65. The summed E-state index contributed by atoms with van der Waals surface area (Å²) in [4.78, 5) is 0. The lowest BCUT2D eigenvalue weighted by Gasteiger charge is -2.28. The van der Waals surface area contributed by atoms with Gasteiger partial charge in [0.25, 0.3) is 3.93 Å². The third-order valence-corrected chi connectivity index (χ3v) is 9.14. The summed E-state index contributed by atoms with van der Waals surface area (Å²) < 4.78 is 4.36. The van der Waals surface area contributed by atoms with Crippen LogP contribution in [0, 0.1) is 5.92 Å². The van der Waals surface area contributed by atoms with Gasteiger partial charge in [-0.05, 0) is 67.7 Å². The fourth-order valence-corrected chi connectivity index (χ4v) is 6.27. The summed E-state index contributed by atoms with van der Waals surface area (Å²) in [6.07, 6.45) is 7.91. The first-order valence-electron chi connectivity index (χ1n) is 8.27. The van der Waals surface area contributed by atoms with Crippen LogP contribution in [0.5, 0.6) is 5.75 Å². The lowest BCUT2D eigenvalue weighted by molar-refractivity contribution is 0.313. The topological polar surface area (TPSA) is 9.23 Å². The average Bonchev–Trinajstić information content (AvgIpc) is 2.51. The lowest BCUT2D eigenvalue weighted by atomic mass is 9.78. The van der Waals surface area contributed by atoms with Crippen LogP contribution in [-0.4, -0.2) is 10.5 Å². The maximum absolute atomic E-state index is 5.84. The van der Waals surface area contributed by atoms with Crippen molar-refractivity contribution in [1.29, 1.82) is 0 Å². The van der Waals surface area contributed by atoms with E-state index in [-0.39, 0.29) is 0 Å². The molecule has 1 nitrogen and oxygen atoms in total. The van der Waals surface area contributed by atoms with E-state index in [4.69, 9.17) is 4.74 Å². The molecule has 1 aliphatic rings. The van der Waals surface area contributed by atoms with Crippen molar-refractivity contribution in [3.05, 3.63) is 29.8 Å². The van der Waals surface area contributed by atoms with Crippen molar-refractivity contribution < 1.29 is 4.74 Å². The summed E-state index contributed by atoms with van der Waals surface area (Å²) in [5.74, 6) is 2.73. The Bertz CT molecular complexity index is 436. The number of halogens is 3. The van der Waals surface area contributed by atoms with Gasteiger partial charge in [-0.15, -0.1) is 0 Å². The normalized spacial score (nSPS) is 22.5. The van der Waals surface area contributed by atoms with Crippen LogP contribution in [-0.2, 0) is 0 Å². The highest BCUT2D eigenvalue weighted by Gasteiger charge is 2.22. The Morgan fingerprint density at radius 2 is 1.68 bits per heavy atom. The average molecular weight is 513 g/mol. The summed E-state index contributed by atoms with van der Waals surface area (Å²) in [6, 6.07) is 9.92. The monoisotopic (exact) mass is 510 g/mol. The minimum atomic E-state index is -1.48. The van der Waals surface area contributed by atoms with Crippen molar-refractivity contribution in [2.45, 2.75) is 57.4 Å². The zero-order chi connectivity index (χ0) is 16.0. The van der Waals surface area contributed by atoms with E-state index in [0.717, 1.165) is 36.7 Å². The Morgan fingerprint density at radius 3 is 2.23 bits per heavy atom. The van der Waals surface area contributed by atoms with Gasteiger partial charge in [0.1, 0.15) is 5.75 Å². The Morgan fingerprint density at radius 1 is 1.05 bits per heavy atom. The summed E-state index contributed by atoms with van der Waals surface area (Å²) in [5.41, 5.74) is 1.50. The molecule has 0 amide bonds. The van der Waals surface area contributed by atoms with Gasteiger partial charge in [-0.3, -0.25) is 0 Å². The van der Waals surface area contributed by atoms with Crippen molar-refractivity contribution in [2.24, 2.45) is 5.92 Å². The number of rotatable bonds is 7. The highest BCUT2D eigenvalue weighted by atomic mass is 80.0. The van der Waals surface area contributed by atoms with Gasteiger partial charge in [-0.1, -0.05) is 71.4 Å². The van der Waals surface area contributed by atoms with E-state index < -0.39 is 3.93 Å². The van der Waals surface area contributed by atoms with E-state index >= 15 is 0 Å². The zero-order valence-corrected chi connectivity index (χ0v) is 18.9. The predicted octanol–water partition coefficient (Wildman–Crippen LogP) is 7.26. The molecule has 0 atom stereocenters. The Balaban J connectivity index is 1.76. The standard InChI is InChI=1S/C17H25Br3OSi/c1-2-14-4-6-15(7-5-14)16-8-10-17(11-9-16)21-12-3-13-22(18,19)20/h8-11,14-15H,2-7,12-13H2,1H3. The fourth-order valence-electron chi connectivity index (χ4n) is 3.20. The van der Waals surface area contributed by atoms with Crippen LogP contribution in [0.4, 0.5) is 0 Å². The van der Waals surface area contributed by atoms with Crippen molar-refractivity contribution in [2.75, 3.05) is 6.61 Å². The molecule has 0 aliphatic heterocycles.